The molecular formula is C20H21N3O2. The van der Waals surface area contributed by atoms with Crippen LogP contribution in [-0.4, -0.2) is 24.1 Å². The average molecular weight is 335 g/mol. The molecule has 0 bridgehead atoms. The number of carbonyl (C=O) groups excluding carboxylic acids is 2. The molecule has 5 nitrogen and oxygen atoms in total. The number of benzene rings is 2. The highest BCUT2D eigenvalue weighted by Gasteiger charge is 2.28. The fourth-order valence-corrected chi connectivity index (χ4v) is 2.92. The molecule has 0 radical (unpaired) electrons. The van der Waals surface area contributed by atoms with Gasteiger partial charge in [-0.2, -0.15) is 5.10 Å². The number of amides is 2. The lowest BCUT2D eigenvalue weighted by Crippen LogP contribution is -2.42. The topological polar surface area (TPSA) is 53.0 Å². The quantitative estimate of drug-likeness (QED) is 0.858. The maximum absolute atomic E-state index is 13.0. The minimum absolute atomic E-state index is 0.0957. The Morgan fingerprint density at radius 1 is 1.08 bits per heavy atom. The van der Waals surface area contributed by atoms with Crippen LogP contribution in [0.3, 0.4) is 0 Å². The molecule has 2 aromatic carbocycles. The van der Waals surface area contributed by atoms with E-state index in [0.29, 0.717) is 24.4 Å². The lowest BCUT2D eigenvalue weighted by molar-refractivity contribution is -0.118. The van der Waals surface area contributed by atoms with Crippen molar-refractivity contribution in [2.24, 2.45) is 5.10 Å². The van der Waals surface area contributed by atoms with E-state index < -0.39 is 0 Å². The van der Waals surface area contributed by atoms with E-state index in [1.165, 1.54) is 5.01 Å². The zero-order valence-electron chi connectivity index (χ0n) is 14.5. The van der Waals surface area contributed by atoms with E-state index >= 15 is 0 Å². The predicted molar refractivity (Wildman–Crippen MR) is 99.8 cm³/mol. The molecule has 0 atom stereocenters. The molecular weight excluding hydrogens is 314 g/mol. The first-order valence-electron chi connectivity index (χ1n) is 8.44. The van der Waals surface area contributed by atoms with Gasteiger partial charge in [0.2, 0.25) is 5.91 Å². The number of anilines is 2. The summed E-state index contributed by atoms with van der Waals surface area (Å²) in [7, 11) is 0. The van der Waals surface area contributed by atoms with Crippen LogP contribution in [0.4, 0.5) is 11.4 Å². The van der Waals surface area contributed by atoms with Gasteiger partial charge in [0, 0.05) is 25.1 Å². The second-order valence-corrected chi connectivity index (χ2v) is 5.92. The summed E-state index contributed by atoms with van der Waals surface area (Å²) in [5.74, 6) is -0.244. The van der Waals surface area contributed by atoms with Gasteiger partial charge in [-0.3, -0.25) is 9.59 Å². The first kappa shape index (κ1) is 16.9. The van der Waals surface area contributed by atoms with Crippen LogP contribution < -0.4 is 9.91 Å². The summed E-state index contributed by atoms with van der Waals surface area (Å²) in [6.07, 6.45) is 0.647. The van der Waals surface area contributed by atoms with Crippen LogP contribution in [0.15, 0.2) is 59.7 Å². The molecule has 1 heterocycles. The molecule has 2 amide bonds. The molecule has 0 unspecified atom stereocenters. The summed E-state index contributed by atoms with van der Waals surface area (Å²) in [6.45, 7) is 4.46. The smallest absolute Gasteiger partial charge is 0.274 e. The number of carbonyl (C=O) groups is 2. The number of para-hydroxylation sites is 2. The highest BCUT2D eigenvalue weighted by atomic mass is 16.2. The Kier molecular flexibility index (Phi) is 4.93. The van der Waals surface area contributed by atoms with E-state index in [1.807, 2.05) is 68.4 Å². The van der Waals surface area contributed by atoms with Gasteiger partial charge in [0.15, 0.2) is 0 Å². The third-order valence-corrected chi connectivity index (χ3v) is 4.25. The van der Waals surface area contributed by atoms with E-state index in [9.17, 15) is 9.59 Å². The average Bonchev–Trinajstić information content (AvgIpc) is 2.65. The number of hydrogen-bond donors (Lipinski definition) is 0. The predicted octanol–water partition coefficient (Wildman–Crippen LogP) is 3.53. The van der Waals surface area contributed by atoms with Crippen LogP contribution in [0.25, 0.3) is 0 Å². The molecule has 128 valence electrons. The van der Waals surface area contributed by atoms with E-state index in [4.69, 9.17) is 0 Å². The Labute approximate surface area is 147 Å². The molecule has 0 saturated heterocycles. The molecule has 0 N–H and O–H groups in total. The summed E-state index contributed by atoms with van der Waals surface area (Å²) < 4.78 is 0. The standard InChI is InChI=1S/C20H21N3O2/c1-3-22(18-12-8-7-9-15(18)2)20(25)17-13-14-19(24)23(21-17)16-10-5-4-6-11-16/h4-12H,3,13-14H2,1-2H3. The van der Waals surface area contributed by atoms with Gasteiger partial charge in [0.25, 0.3) is 5.91 Å². The molecule has 0 aliphatic carbocycles. The van der Waals surface area contributed by atoms with Crippen molar-refractivity contribution in [1.29, 1.82) is 0 Å². The minimum Gasteiger partial charge on any atom is -0.307 e. The van der Waals surface area contributed by atoms with Crippen molar-refractivity contribution >= 4 is 28.9 Å². The Balaban J connectivity index is 1.93. The lowest BCUT2D eigenvalue weighted by Gasteiger charge is -2.27. The van der Waals surface area contributed by atoms with Crippen LogP contribution in [-0.2, 0) is 9.59 Å². The second kappa shape index (κ2) is 7.30. The van der Waals surface area contributed by atoms with Gasteiger partial charge in [-0.25, -0.2) is 5.01 Å². The van der Waals surface area contributed by atoms with Gasteiger partial charge in [-0.15, -0.1) is 0 Å². The highest BCUT2D eigenvalue weighted by Crippen LogP contribution is 2.23. The van der Waals surface area contributed by atoms with Crippen molar-refractivity contribution in [3.05, 3.63) is 60.2 Å². The van der Waals surface area contributed by atoms with Gasteiger partial charge in [-0.05, 0) is 37.6 Å². The minimum atomic E-state index is -0.148. The lowest BCUT2D eigenvalue weighted by atomic mass is 10.1. The van der Waals surface area contributed by atoms with Gasteiger partial charge in [0.1, 0.15) is 5.71 Å². The molecule has 5 heteroatoms. The zero-order valence-corrected chi connectivity index (χ0v) is 14.5. The molecule has 1 aliphatic heterocycles. The molecule has 25 heavy (non-hydrogen) atoms. The van der Waals surface area contributed by atoms with Crippen molar-refractivity contribution in [2.45, 2.75) is 26.7 Å². The maximum Gasteiger partial charge on any atom is 0.274 e. The normalized spacial score (nSPS) is 14.2. The molecule has 0 saturated carbocycles. The third kappa shape index (κ3) is 3.45. The van der Waals surface area contributed by atoms with Crippen LogP contribution in [0.1, 0.15) is 25.3 Å². The van der Waals surface area contributed by atoms with Crippen molar-refractivity contribution in [3.8, 4) is 0 Å². The van der Waals surface area contributed by atoms with Gasteiger partial charge < -0.3 is 4.90 Å². The fourth-order valence-electron chi connectivity index (χ4n) is 2.92. The molecule has 2 aromatic rings. The Hall–Kier alpha value is -2.95. The van der Waals surface area contributed by atoms with Crippen molar-refractivity contribution in [1.82, 2.24) is 0 Å². The zero-order chi connectivity index (χ0) is 17.8. The highest BCUT2D eigenvalue weighted by molar-refractivity contribution is 6.44. The van der Waals surface area contributed by atoms with E-state index in [2.05, 4.69) is 5.10 Å². The Morgan fingerprint density at radius 3 is 2.44 bits per heavy atom. The summed E-state index contributed by atoms with van der Waals surface area (Å²) in [5, 5.41) is 5.70. The van der Waals surface area contributed by atoms with Crippen molar-refractivity contribution in [3.63, 3.8) is 0 Å². The first-order chi connectivity index (χ1) is 12.1. The van der Waals surface area contributed by atoms with Crippen LogP contribution >= 0.6 is 0 Å². The number of rotatable bonds is 4. The van der Waals surface area contributed by atoms with E-state index in [-0.39, 0.29) is 18.2 Å². The molecule has 0 aromatic heterocycles. The van der Waals surface area contributed by atoms with E-state index in [0.717, 1.165) is 11.3 Å². The van der Waals surface area contributed by atoms with Crippen LogP contribution in [0.2, 0.25) is 0 Å². The first-order valence-corrected chi connectivity index (χ1v) is 8.44. The van der Waals surface area contributed by atoms with Crippen LogP contribution in [0, 0.1) is 6.92 Å². The molecule has 0 spiro atoms. The monoisotopic (exact) mass is 335 g/mol. The van der Waals surface area contributed by atoms with Gasteiger partial charge in [0.05, 0.1) is 5.69 Å². The number of nitrogens with zero attached hydrogens (tertiary/aromatic N) is 3. The van der Waals surface area contributed by atoms with Crippen LogP contribution in [0.5, 0.6) is 0 Å². The number of hydrogen-bond acceptors (Lipinski definition) is 3. The Morgan fingerprint density at radius 2 is 1.76 bits per heavy atom. The largest absolute Gasteiger partial charge is 0.307 e. The van der Waals surface area contributed by atoms with Crippen molar-refractivity contribution < 1.29 is 9.59 Å². The summed E-state index contributed by atoms with van der Waals surface area (Å²) >= 11 is 0. The summed E-state index contributed by atoms with van der Waals surface area (Å²) in [5.41, 5.74) is 3.00. The van der Waals surface area contributed by atoms with Gasteiger partial charge in [-0.1, -0.05) is 36.4 Å². The summed E-state index contributed by atoms with van der Waals surface area (Å²) in [4.78, 5) is 27.0. The summed E-state index contributed by atoms with van der Waals surface area (Å²) in [6, 6.07) is 17.0. The molecule has 1 aliphatic rings. The van der Waals surface area contributed by atoms with Crippen molar-refractivity contribution in [2.75, 3.05) is 16.5 Å². The fraction of sp³-hybridized carbons (Fsp3) is 0.250. The molecule has 0 fully saturated rings. The SMILES string of the molecule is CCN(C(=O)C1=NN(c2ccccc2)C(=O)CC1)c1ccccc1C. The Bertz CT molecular complexity index is 815. The van der Waals surface area contributed by atoms with Gasteiger partial charge >= 0.3 is 0 Å². The number of hydrazone groups is 1. The third-order valence-electron chi connectivity index (χ3n) is 4.25. The van der Waals surface area contributed by atoms with E-state index in [1.54, 1.807) is 4.90 Å². The maximum atomic E-state index is 13.0. The second-order valence-electron chi connectivity index (χ2n) is 5.92. The molecule has 3 rings (SSSR count). The number of aryl methyl sites for hydroxylation is 1.